The van der Waals surface area contributed by atoms with Crippen LogP contribution in [0.2, 0.25) is 0 Å². The molecule has 0 aromatic rings. The summed E-state index contributed by atoms with van der Waals surface area (Å²) < 4.78 is 0. The average Bonchev–Trinajstić information content (AvgIpc) is 1.98. The largest absolute Gasteiger partial charge is 0.300 e. The molecule has 0 saturated carbocycles. The van der Waals surface area contributed by atoms with Crippen molar-refractivity contribution in [2.24, 2.45) is 17.8 Å². The summed E-state index contributed by atoms with van der Waals surface area (Å²) in [6.45, 7) is 10.6. The van der Waals surface area contributed by atoms with Gasteiger partial charge in [-0.05, 0) is 24.7 Å². The van der Waals surface area contributed by atoms with Gasteiger partial charge in [0.25, 0.3) is 0 Å². The molecule has 0 fully saturated rings. The lowest BCUT2D eigenvalue weighted by atomic mass is 9.81. The van der Waals surface area contributed by atoms with Crippen LogP contribution in [-0.4, -0.2) is 5.78 Å². The SMILES string of the molecule is CCC(CC(C)=O)C(C)C(C)C. The van der Waals surface area contributed by atoms with Gasteiger partial charge in [0.2, 0.25) is 0 Å². The zero-order chi connectivity index (χ0) is 9.72. The van der Waals surface area contributed by atoms with Crippen molar-refractivity contribution in [1.29, 1.82) is 0 Å². The topological polar surface area (TPSA) is 17.1 Å². The molecule has 72 valence electrons. The second-order valence-corrected chi connectivity index (χ2v) is 4.18. The summed E-state index contributed by atoms with van der Waals surface area (Å²) >= 11 is 0. The van der Waals surface area contributed by atoms with E-state index in [1.807, 2.05) is 0 Å². The number of ketones is 1. The fraction of sp³-hybridized carbons (Fsp3) is 0.909. The first-order chi connectivity index (χ1) is 5.49. The van der Waals surface area contributed by atoms with Crippen LogP contribution < -0.4 is 0 Å². The lowest BCUT2D eigenvalue weighted by molar-refractivity contribution is -0.118. The number of Topliss-reactive ketones (excluding diaryl/α,β-unsaturated/α-hetero) is 1. The Morgan fingerprint density at radius 3 is 2.00 bits per heavy atom. The van der Waals surface area contributed by atoms with Crippen molar-refractivity contribution >= 4 is 5.78 Å². The Hall–Kier alpha value is -0.330. The minimum absolute atomic E-state index is 0.328. The van der Waals surface area contributed by atoms with Gasteiger partial charge in [-0.1, -0.05) is 34.1 Å². The van der Waals surface area contributed by atoms with Crippen LogP contribution in [0.1, 0.15) is 47.5 Å². The minimum Gasteiger partial charge on any atom is -0.300 e. The lowest BCUT2D eigenvalue weighted by Gasteiger charge is -2.24. The van der Waals surface area contributed by atoms with Crippen LogP contribution in [0.15, 0.2) is 0 Å². The standard InChI is InChI=1S/C11H22O/c1-6-11(7-9(4)12)10(5)8(2)3/h8,10-11H,6-7H2,1-5H3. The summed E-state index contributed by atoms with van der Waals surface area (Å²) in [5, 5.41) is 0. The molecule has 0 aromatic carbocycles. The lowest BCUT2D eigenvalue weighted by Crippen LogP contribution is -2.18. The maximum absolute atomic E-state index is 10.9. The van der Waals surface area contributed by atoms with Crippen LogP contribution in [0, 0.1) is 17.8 Å². The highest BCUT2D eigenvalue weighted by Crippen LogP contribution is 2.26. The highest BCUT2D eigenvalue weighted by Gasteiger charge is 2.19. The van der Waals surface area contributed by atoms with Crippen LogP contribution in [0.4, 0.5) is 0 Å². The van der Waals surface area contributed by atoms with Crippen LogP contribution in [-0.2, 0) is 4.79 Å². The van der Waals surface area contributed by atoms with Crippen molar-refractivity contribution < 1.29 is 4.79 Å². The first-order valence-electron chi connectivity index (χ1n) is 4.98. The van der Waals surface area contributed by atoms with Gasteiger partial charge in [0.15, 0.2) is 0 Å². The summed E-state index contributed by atoms with van der Waals surface area (Å²) in [5.41, 5.74) is 0. The van der Waals surface area contributed by atoms with Crippen LogP contribution in [0.25, 0.3) is 0 Å². The van der Waals surface area contributed by atoms with Gasteiger partial charge in [0.1, 0.15) is 5.78 Å². The number of carbonyl (C=O) groups is 1. The van der Waals surface area contributed by atoms with Crippen molar-refractivity contribution in [3.63, 3.8) is 0 Å². The fourth-order valence-electron chi connectivity index (χ4n) is 1.62. The third kappa shape index (κ3) is 3.89. The second-order valence-electron chi connectivity index (χ2n) is 4.18. The molecule has 0 aliphatic rings. The normalized spacial score (nSPS) is 16.2. The van der Waals surface area contributed by atoms with E-state index in [4.69, 9.17) is 0 Å². The third-order valence-corrected chi connectivity index (χ3v) is 2.87. The molecule has 1 nitrogen and oxygen atoms in total. The van der Waals surface area contributed by atoms with E-state index in [0.29, 0.717) is 23.5 Å². The van der Waals surface area contributed by atoms with Crippen LogP contribution in [0.5, 0.6) is 0 Å². The van der Waals surface area contributed by atoms with Crippen molar-refractivity contribution in [2.45, 2.75) is 47.5 Å². The Morgan fingerprint density at radius 1 is 1.25 bits per heavy atom. The molecule has 0 aliphatic carbocycles. The highest BCUT2D eigenvalue weighted by atomic mass is 16.1. The van der Waals surface area contributed by atoms with E-state index in [-0.39, 0.29) is 0 Å². The van der Waals surface area contributed by atoms with Gasteiger partial charge in [0, 0.05) is 6.42 Å². The van der Waals surface area contributed by atoms with Crippen LogP contribution >= 0.6 is 0 Å². The fourth-order valence-corrected chi connectivity index (χ4v) is 1.62. The third-order valence-electron chi connectivity index (χ3n) is 2.87. The number of hydrogen-bond acceptors (Lipinski definition) is 1. The van der Waals surface area contributed by atoms with Crippen molar-refractivity contribution in [3.8, 4) is 0 Å². The molecular weight excluding hydrogens is 148 g/mol. The van der Waals surface area contributed by atoms with E-state index in [1.54, 1.807) is 6.92 Å². The molecule has 0 rings (SSSR count). The molecule has 0 radical (unpaired) electrons. The molecular formula is C11H22O. The zero-order valence-electron chi connectivity index (χ0n) is 9.05. The second kappa shape index (κ2) is 5.34. The number of hydrogen-bond donors (Lipinski definition) is 0. The van der Waals surface area contributed by atoms with Crippen molar-refractivity contribution in [2.75, 3.05) is 0 Å². The molecule has 0 spiro atoms. The Kier molecular flexibility index (Phi) is 5.19. The molecule has 0 aliphatic heterocycles. The van der Waals surface area contributed by atoms with E-state index in [0.717, 1.165) is 12.8 Å². The molecule has 0 heterocycles. The average molecular weight is 170 g/mol. The van der Waals surface area contributed by atoms with E-state index in [1.165, 1.54) is 0 Å². The van der Waals surface area contributed by atoms with E-state index < -0.39 is 0 Å². The molecule has 0 saturated heterocycles. The molecule has 0 bridgehead atoms. The monoisotopic (exact) mass is 170 g/mol. The predicted molar refractivity (Wildman–Crippen MR) is 53.1 cm³/mol. The zero-order valence-corrected chi connectivity index (χ0v) is 9.05. The minimum atomic E-state index is 0.328. The van der Waals surface area contributed by atoms with Gasteiger partial charge in [-0.2, -0.15) is 0 Å². The Bertz CT molecular complexity index is 138. The molecule has 12 heavy (non-hydrogen) atoms. The summed E-state index contributed by atoms with van der Waals surface area (Å²) in [6, 6.07) is 0. The first kappa shape index (κ1) is 11.7. The summed E-state index contributed by atoms with van der Waals surface area (Å²) in [6.07, 6.45) is 1.88. The molecule has 1 heteroatoms. The van der Waals surface area contributed by atoms with E-state index >= 15 is 0 Å². The Balaban J connectivity index is 4.04. The number of carbonyl (C=O) groups excluding carboxylic acids is 1. The molecule has 0 N–H and O–H groups in total. The maximum atomic E-state index is 10.9. The molecule has 0 amide bonds. The van der Waals surface area contributed by atoms with Crippen LogP contribution in [0.3, 0.4) is 0 Å². The Morgan fingerprint density at radius 2 is 1.75 bits per heavy atom. The smallest absolute Gasteiger partial charge is 0.130 e. The molecule has 2 atom stereocenters. The van der Waals surface area contributed by atoms with Gasteiger partial charge < -0.3 is 4.79 Å². The Labute approximate surface area is 76.6 Å². The van der Waals surface area contributed by atoms with Crippen molar-refractivity contribution in [3.05, 3.63) is 0 Å². The predicted octanol–water partition coefficient (Wildman–Crippen LogP) is 3.28. The molecule has 0 aromatic heterocycles. The van der Waals surface area contributed by atoms with Gasteiger partial charge in [-0.3, -0.25) is 0 Å². The van der Waals surface area contributed by atoms with Gasteiger partial charge in [-0.15, -0.1) is 0 Å². The van der Waals surface area contributed by atoms with Gasteiger partial charge >= 0.3 is 0 Å². The van der Waals surface area contributed by atoms with E-state index in [2.05, 4.69) is 27.7 Å². The van der Waals surface area contributed by atoms with Gasteiger partial charge in [-0.25, -0.2) is 0 Å². The summed E-state index contributed by atoms with van der Waals surface area (Å²) in [7, 11) is 0. The first-order valence-corrected chi connectivity index (χ1v) is 4.98. The highest BCUT2D eigenvalue weighted by molar-refractivity contribution is 5.75. The maximum Gasteiger partial charge on any atom is 0.130 e. The van der Waals surface area contributed by atoms with Crippen molar-refractivity contribution in [1.82, 2.24) is 0 Å². The van der Waals surface area contributed by atoms with Gasteiger partial charge in [0.05, 0.1) is 0 Å². The number of rotatable bonds is 5. The summed E-state index contributed by atoms with van der Waals surface area (Å²) in [4.78, 5) is 10.9. The van der Waals surface area contributed by atoms with E-state index in [9.17, 15) is 4.79 Å². The molecule has 2 unspecified atom stereocenters. The quantitative estimate of drug-likeness (QED) is 0.619. The summed E-state index contributed by atoms with van der Waals surface area (Å²) in [5.74, 6) is 2.27.